The van der Waals surface area contributed by atoms with Gasteiger partial charge >= 0.3 is 0 Å². The van der Waals surface area contributed by atoms with E-state index in [2.05, 4.69) is 240 Å². The van der Waals surface area contributed by atoms with Crippen molar-refractivity contribution >= 4 is 53.9 Å². The van der Waals surface area contributed by atoms with Gasteiger partial charge in [-0.1, -0.05) is 204 Å². The third-order valence-corrected chi connectivity index (χ3v) is 16.3. The van der Waals surface area contributed by atoms with Crippen molar-refractivity contribution < 1.29 is 4.74 Å². The van der Waals surface area contributed by atoms with Crippen molar-refractivity contribution in [2.24, 2.45) is 0 Å². The fourth-order valence-corrected chi connectivity index (χ4v) is 12.9. The van der Waals surface area contributed by atoms with E-state index in [9.17, 15) is 0 Å². The smallest absolute Gasteiger partial charge is 0.119 e. The number of benzene rings is 12. The zero-order chi connectivity index (χ0) is 47.0. The van der Waals surface area contributed by atoms with E-state index >= 15 is 0 Å². The Labute approximate surface area is 409 Å². The summed E-state index contributed by atoms with van der Waals surface area (Å²) < 4.78 is 5.58. The van der Waals surface area contributed by atoms with Crippen molar-refractivity contribution in [2.45, 2.75) is 38.5 Å². The lowest BCUT2D eigenvalue weighted by Gasteiger charge is -2.24. The Morgan fingerprint density at radius 1 is 0.271 bits per heavy atom. The van der Waals surface area contributed by atoms with Crippen molar-refractivity contribution in [3.8, 4) is 72.5 Å². The van der Waals surface area contributed by atoms with Crippen LogP contribution in [0.2, 0.25) is 0 Å². The van der Waals surface area contributed by atoms with Gasteiger partial charge in [0.25, 0.3) is 0 Å². The predicted octanol–water partition coefficient (Wildman–Crippen LogP) is 18.7. The predicted molar refractivity (Wildman–Crippen MR) is 297 cm³/mol. The maximum atomic E-state index is 5.58. The molecule has 12 aromatic carbocycles. The first-order valence-corrected chi connectivity index (χ1v) is 24.7. The number of ether oxygens (including phenoxy) is 1. The summed E-state index contributed by atoms with van der Waals surface area (Å²) in [6, 6.07) is 80.1. The van der Waals surface area contributed by atoms with Crippen LogP contribution in [-0.2, 0) is 10.8 Å². The van der Waals surface area contributed by atoms with E-state index in [1.54, 1.807) is 7.11 Å². The molecule has 0 atom stereocenters. The molecule has 0 unspecified atom stereocenters. The molecule has 2 aliphatic rings. The highest BCUT2D eigenvalue weighted by Crippen LogP contribution is 2.55. The minimum absolute atomic E-state index is 0.0437. The molecular formula is C69H50O. The average Bonchev–Trinajstić information content (AvgIpc) is 3.77. The van der Waals surface area contributed by atoms with Crippen molar-refractivity contribution in [2.75, 3.05) is 7.11 Å². The highest BCUT2D eigenvalue weighted by molar-refractivity contribution is 6.30. The second-order valence-corrected chi connectivity index (χ2v) is 20.7. The van der Waals surface area contributed by atoms with Crippen LogP contribution in [-0.4, -0.2) is 7.11 Å². The molecule has 12 aromatic rings. The minimum atomic E-state index is -0.202. The summed E-state index contributed by atoms with van der Waals surface area (Å²) in [4.78, 5) is 0. The summed E-state index contributed by atoms with van der Waals surface area (Å²) in [6.07, 6.45) is 0. The Morgan fingerprint density at radius 2 is 0.600 bits per heavy atom. The zero-order valence-corrected chi connectivity index (χ0v) is 40.1. The molecule has 0 radical (unpaired) electrons. The van der Waals surface area contributed by atoms with Crippen LogP contribution < -0.4 is 4.74 Å². The lowest BCUT2D eigenvalue weighted by atomic mass is 9.79. The van der Waals surface area contributed by atoms with Gasteiger partial charge in [0.2, 0.25) is 0 Å². The third kappa shape index (κ3) is 5.73. The number of fused-ring (bicyclic) bond motifs is 11. The highest BCUT2D eigenvalue weighted by atomic mass is 16.5. The van der Waals surface area contributed by atoms with Crippen molar-refractivity contribution in [1.82, 2.24) is 0 Å². The van der Waals surface area contributed by atoms with E-state index in [1.807, 2.05) is 0 Å². The molecule has 0 saturated carbocycles. The molecular weight excluding hydrogens is 845 g/mol. The first kappa shape index (κ1) is 40.8. The number of rotatable bonds is 5. The van der Waals surface area contributed by atoms with Gasteiger partial charge in [0.1, 0.15) is 5.75 Å². The van der Waals surface area contributed by atoms with Gasteiger partial charge < -0.3 is 4.74 Å². The first-order chi connectivity index (χ1) is 34.2. The van der Waals surface area contributed by atoms with Gasteiger partial charge in [-0.3, -0.25) is 0 Å². The SMILES string of the molecule is COc1ccc2cc(-c3c4ccccc4c(-c4c5ccccc5c(-c5ccc6c(c5)C(C)(C)c5cc(-c7ccc8c(c7)C(C)(C)c7ccccc7-8)ccc5-6)c5ccccc45)c4ccccc34)ccc2c1. The zero-order valence-electron chi connectivity index (χ0n) is 40.1. The van der Waals surface area contributed by atoms with Crippen molar-refractivity contribution in [3.05, 3.63) is 235 Å². The second kappa shape index (κ2) is 14.9. The van der Waals surface area contributed by atoms with Gasteiger partial charge in [-0.25, -0.2) is 0 Å². The van der Waals surface area contributed by atoms with Crippen LogP contribution in [0.3, 0.4) is 0 Å². The van der Waals surface area contributed by atoms with E-state index in [4.69, 9.17) is 4.74 Å². The van der Waals surface area contributed by atoms with E-state index in [0.29, 0.717) is 0 Å². The lowest BCUT2D eigenvalue weighted by Crippen LogP contribution is -2.15. The van der Waals surface area contributed by atoms with E-state index in [-0.39, 0.29) is 10.8 Å². The summed E-state index contributed by atoms with van der Waals surface area (Å²) in [5.74, 6) is 0.869. The molecule has 0 fully saturated rings. The van der Waals surface area contributed by atoms with Crippen molar-refractivity contribution in [3.63, 3.8) is 0 Å². The Balaban J connectivity index is 0.931. The standard InChI is InChI=1S/C69H50O/c1-68(2)60-25-15-14-16-48(60)49-33-29-43(38-61(49)68)44-30-34-50-51-35-31-46(40-63(51)69(3,4)62(50)39-44)65-54-19-8-12-23-58(54)67(59-24-13-9-20-55(59)65)66-56-21-10-6-17-52(56)64(53-18-7-11-22-57(53)66)45-27-26-42-37-47(70-5)32-28-41(42)36-45/h6-40H,1-5H3. The molecule has 0 N–H and O–H groups in total. The van der Waals surface area contributed by atoms with Gasteiger partial charge in [-0.15, -0.1) is 0 Å². The molecule has 0 aromatic heterocycles. The molecule has 0 bridgehead atoms. The molecule has 1 heteroatoms. The molecule has 70 heavy (non-hydrogen) atoms. The van der Waals surface area contributed by atoms with Crippen molar-refractivity contribution in [1.29, 1.82) is 0 Å². The lowest BCUT2D eigenvalue weighted by molar-refractivity contribution is 0.415. The minimum Gasteiger partial charge on any atom is -0.497 e. The Morgan fingerprint density at radius 3 is 1.07 bits per heavy atom. The van der Waals surface area contributed by atoms with Crippen LogP contribution >= 0.6 is 0 Å². The largest absolute Gasteiger partial charge is 0.497 e. The van der Waals surface area contributed by atoms with Gasteiger partial charge in [0.15, 0.2) is 0 Å². The maximum absolute atomic E-state index is 5.58. The molecule has 1 nitrogen and oxygen atoms in total. The van der Waals surface area contributed by atoms with Crippen LogP contribution in [0.4, 0.5) is 0 Å². The quantitative estimate of drug-likeness (QED) is 0.156. The molecule has 0 saturated heterocycles. The molecule has 14 rings (SSSR count). The average molecular weight is 895 g/mol. The molecule has 0 aliphatic heterocycles. The van der Waals surface area contributed by atoms with Crippen LogP contribution in [0, 0.1) is 0 Å². The molecule has 2 aliphatic carbocycles. The van der Waals surface area contributed by atoms with E-state index in [0.717, 1.165) is 5.75 Å². The van der Waals surface area contributed by atoms with Gasteiger partial charge in [0, 0.05) is 10.8 Å². The third-order valence-electron chi connectivity index (χ3n) is 16.3. The topological polar surface area (TPSA) is 9.23 Å². The van der Waals surface area contributed by atoms with E-state index < -0.39 is 0 Å². The summed E-state index contributed by atoms with van der Waals surface area (Å²) >= 11 is 0. The number of hydrogen-bond donors (Lipinski definition) is 0. The van der Waals surface area contributed by atoms with Crippen LogP contribution in [0.25, 0.3) is 121 Å². The van der Waals surface area contributed by atoms with Crippen LogP contribution in [0.15, 0.2) is 212 Å². The molecule has 0 spiro atoms. The van der Waals surface area contributed by atoms with Gasteiger partial charge in [0.05, 0.1) is 7.11 Å². The summed E-state index contributed by atoms with van der Waals surface area (Å²) in [5.41, 5.74) is 20.8. The van der Waals surface area contributed by atoms with Gasteiger partial charge in [-0.05, 0) is 179 Å². The monoisotopic (exact) mass is 894 g/mol. The molecule has 0 amide bonds. The number of methoxy groups -OCH3 is 1. The summed E-state index contributed by atoms with van der Waals surface area (Å²) in [6.45, 7) is 9.58. The fourth-order valence-electron chi connectivity index (χ4n) is 12.9. The first-order valence-electron chi connectivity index (χ1n) is 24.7. The Kier molecular flexibility index (Phi) is 8.66. The maximum Gasteiger partial charge on any atom is 0.119 e. The summed E-state index contributed by atoms with van der Waals surface area (Å²) in [7, 11) is 1.73. The summed E-state index contributed by atoms with van der Waals surface area (Å²) in [5, 5.41) is 12.4. The van der Waals surface area contributed by atoms with Gasteiger partial charge in [-0.2, -0.15) is 0 Å². The Hall–Kier alpha value is -8.26. The van der Waals surface area contributed by atoms with Crippen LogP contribution in [0.5, 0.6) is 5.75 Å². The fraction of sp³-hybridized carbons (Fsp3) is 0.101. The highest BCUT2D eigenvalue weighted by Gasteiger charge is 2.38. The number of hydrogen-bond acceptors (Lipinski definition) is 1. The normalized spacial score (nSPS) is 14.0. The second-order valence-electron chi connectivity index (χ2n) is 20.7. The Bertz CT molecular complexity index is 4110. The van der Waals surface area contributed by atoms with E-state index in [1.165, 1.54) is 143 Å². The molecule has 0 heterocycles. The van der Waals surface area contributed by atoms with Crippen LogP contribution in [0.1, 0.15) is 49.9 Å². The molecule has 332 valence electrons.